The Morgan fingerprint density at radius 1 is 1.22 bits per heavy atom. The number of non-ortho nitro benzene ring substituents is 1. The lowest BCUT2D eigenvalue weighted by atomic mass is 10.1. The van der Waals surface area contributed by atoms with Gasteiger partial charge in [-0.2, -0.15) is 0 Å². The lowest BCUT2D eigenvalue weighted by Gasteiger charge is -2.35. The number of aromatic nitrogens is 2. The number of nitro benzene ring substituents is 1. The first kappa shape index (κ1) is 15.4. The van der Waals surface area contributed by atoms with Crippen molar-refractivity contribution in [1.29, 1.82) is 0 Å². The number of hydrogen-bond donors (Lipinski definition) is 1. The van der Waals surface area contributed by atoms with Gasteiger partial charge in [-0.1, -0.05) is 12.1 Å². The summed E-state index contributed by atoms with van der Waals surface area (Å²) in [6.07, 6.45) is 3.51. The zero-order chi connectivity index (χ0) is 16.2. The molecule has 3 rings (SSSR count). The quantitative estimate of drug-likeness (QED) is 0.669. The van der Waals surface area contributed by atoms with E-state index >= 15 is 0 Å². The van der Waals surface area contributed by atoms with Crippen LogP contribution in [0.5, 0.6) is 0 Å². The normalized spacial score (nSPS) is 17.0. The summed E-state index contributed by atoms with van der Waals surface area (Å²) in [6.45, 7) is 5.82. The highest BCUT2D eigenvalue weighted by molar-refractivity contribution is 5.35. The van der Waals surface area contributed by atoms with E-state index < -0.39 is 0 Å². The first-order valence-electron chi connectivity index (χ1n) is 7.76. The zero-order valence-electron chi connectivity index (χ0n) is 13.1. The van der Waals surface area contributed by atoms with Gasteiger partial charge in [0.15, 0.2) is 0 Å². The van der Waals surface area contributed by atoms with E-state index in [1.165, 1.54) is 11.0 Å². The van der Waals surface area contributed by atoms with Crippen molar-refractivity contribution in [2.45, 2.75) is 13.0 Å². The lowest BCUT2D eigenvalue weighted by Crippen LogP contribution is -3.14. The van der Waals surface area contributed by atoms with Crippen molar-refractivity contribution in [3.8, 4) is 0 Å². The van der Waals surface area contributed by atoms with Gasteiger partial charge in [0.25, 0.3) is 5.69 Å². The number of piperazine rings is 1. The Balaban J connectivity index is 1.65. The van der Waals surface area contributed by atoms with Gasteiger partial charge in [0, 0.05) is 30.1 Å². The molecule has 1 saturated heterocycles. The molecule has 7 nitrogen and oxygen atoms in total. The largest absolute Gasteiger partial charge is 0.330 e. The molecular weight excluding hydrogens is 294 g/mol. The number of rotatable bonds is 4. The van der Waals surface area contributed by atoms with Crippen LogP contribution in [0.25, 0.3) is 0 Å². The maximum absolute atomic E-state index is 10.9. The number of quaternary nitrogens is 1. The van der Waals surface area contributed by atoms with E-state index in [1.54, 1.807) is 24.5 Å². The van der Waals surface area contributed by atoms with Crippen molar-refractivity contribution in [1.82, 2.24) is 9.97 Å². The molecule has 0 bridgehead atoms. The van der Waals surface area contributed by atoms with E-state index in [0.717, 1.165) is 37.7 Å². The van der Waals surface area contributed by atoms with Crippen molar-refractivity contribution < 1.29 is 9.82 Å². The van der Waals surface area contributed by atoms with Gasteiger partial charge in [-0.15, -0.1) is 0 Å². The molecule has 1 aliphatic heterocycles. The number of nitrogens with zero attached hydrogens (tertiary/aromatic N) is 4. The smallest absolute Gasteiger partial charge is 0.269 e. The maximum Gasteiger partial charge on any atom is 0.269 e. The fraction of sp³-hybridized carbons (Fsp3) is 0.375. The van der Waals surface area contributed by atoms with Crippen molar-refractivity contribution in [2.75, 3.05) is 31.1 Å². The third-order valence-electron chi connectivity index (χ3n) is 4.43. The summed E-state index contributed by atoms with van der Waals surface area (Å²) >= 11 is 0. The second kappa shape index (κ2) is 6.70. The van der Waals surface area contributed by atoms with Crippen LogP contribution in [-0.2, 0) is 0 Å². The summed E-state index contributed by atoms with van der Waals surface area (Å²) in [7, 11) is 0. The lowest BCUT2D eigenvalue weighted by molar-refractivity contribution is -0.930. The van der Waals surface area contributed by atoms with Gasteiger partial charge in [-0.05, 0) is 13.0 Å². The number of hydrogen-bond acceptors (Lipinski definition) is 5. The molecule has 1 aliphatic rings. The molecular formula is C16H20N5O2+. The Morgan fingerprint density at radius 3 is 2.57 bits per heavy atom. The van der Waals surface area contributed by atoms with Crippen LogP contribution in [0.4, 0.5) is 11.6 Å². The SMILES string of the molecule is C[C@H](c1cccc([N+](=O)[O-])c1)[NH+]1CCN(c2ncccn2)CC1. The summed E-state index contributed by atoms with van der Waals surface area (Å²) in [5.41, 5.74) is 1.17. The molecule has 0 amide bonds. The van der Waals surface area contributed by atoms with Gasteiger partial charge in [0.05, 0.1) is 31.1 Å². The maximum atomic E-state index is 10.9. The molecule has 1 fully saturated rings. The van der Waals surface area contributed by atoms with Gasteiger partial charge >= 0.3 is 0 Å². The minimum Gasteiger partial charge on any atom is -0.330 e. The highest BCUT2D eigenvalue weighted by Gasteiger charge is 2.27. The summed E-state index contributed by atoms with van der Waals surface area (Å²) in [4.78, 5) is 22.8. The van der Waals surface area contributed by atoms with Gasteiger partial charge in [-0.3, -0.25) is 10.1 Å². The number of benzene rings is 1. The monoisotopic (exact) mass is 314 g/mol. The van der Waals surface area contributed by atoms with Crippen LogP contribution >= 0.6 is 0 Å². The first-order chi connectivity index (χ1) is 11.1. The van der Waals surface area contributed by atoms with Crippen molar-refractivity contribution in [3.05, 3.63) is 58.4 Å². The molecule has 0 aliphatic carbocycles. The van der Waals surface area contributed by atoms with Crippen LogP contribution in [0.3, 0.4) is 0 Å². The highest BCUT2D eigenvalue weighted by atomic mass is 16.6. The Morgan fingerprint density at radius 2 is 1.91 bits per heavy atom. The van der Waals surface area contributed by atoms with Gasteiger partial charge in [-0.25, -0.2) is 9.97 Å². The van der Waals surface area contributed by atoms with Crippen LogP contribution < -0.4 is 9.80 Å². The number of anilines is 1. The van der Waals surface area contributed by atoms with Crippen molar-refractivity contribution >= 4 is 11.6 Å². The minimum atomic E-state index is -0.337. The van der Waals surface area contributed by atoms with Crippen LogP contribution in [0.2, 0.25) is 0 Å². The zero-order valence-corrected chi connectivity index (χ0v) is 13.1. The van der Waals surface area contributed by atoms with Crippen LogP contribution in [0.1, 0.15) is 18.5 Å². The molecule has 0 radical (unpaired) electrons. The van der Waals surface area contributed by atoms with E-state index in [-0.39, 0.29) is 16.7 Å². The Hall–Kier alpha value is -2.54. The van der Waals surface area contributed by atoms with E-state index in [2.05, 4.69) is 21.8 Å². The van der Waals surface area contributed by atoms with Crippen molar-refractivity contribution in [2.24, 2.45) is 0 Å². The molecule has 0 spiro atoms. The van der Waals surface area contributed by atoms with E-state index in [4.69, 9.17) is 0 Å². The van der Waals surface area contributed by atoms with Crippen molar-refractivity contribution in [3.63, 3.8) is 0 Å². The highest BCUT2D eigenvalue weighted by Crippen LogP contribution is 2.17. The van der Waals surface area contributed by atoms with E-state index in [1.807, 2.05) is 12.1 Å². The summed E-state index contributed by atoms with van der Waals surface area (Å²) < 4.78 is 0. The van der Waals surface area contributed by atoms with Crippen LogP contribution in [0.15, 0.2) is 42.7 Å². The Labute approximate surface area is 134 Å². The second-order valence-corrected chi connectivity index (χ2v) is 5.77. The van der Waals surface area contributed by atoms with E-state index in [0.29, 0.717) is 0 Å². The van der Waals surface area contributed by atoms with Gasteiger partial charge in [0.1, 0.15) is 6.04 Å². The number of nitrogens with one attached hydrogen (secondary N) is 1. The molecule has 1 N–H and O–H groups in total. The molecule has 2 heterocycles. The van der Waals surface area contributed by atoms with Gasteiger partial charge < -0.3 is 9.80 Å². The minimum absolute atomic E-state index is 0.157. The first-order valence-corrected chi connectivity index (χ1v) is 7.76. The molecule has 7 heteroatoms. The standard InChI is InChI=1S/C16H19N5O2/c1-13(14-4-2-5-15(12-14)21(22)23)19-8-10-20(11-9-19)16-17-6-3-7-18-16/h2-7,12-13H,8-11H2,1H3/p+1/t13-/m1/s1. The average molecular weight is 314 g/mol. The molecule has 1 atom stereocenters. The summed E-state index contributed by atoms with van der Waals surface area (Å²) in [5.74, 6) is 0.773. The average Bonchev–Trinajstić information content (AvgIpc) is 2.62. The molecule has 1 aromatic heterocycles. The fourth-order valence-corrected chi connectivity index (χ4v) is 3.02. The predicted molar refractivity (Wildman–Crippen MR) is 86.5 cm³/mol. The third-order valence-corrected chi connectivity index (χ3v) is 4.43. The predicted octanol–water partition coefficient (Wildman–Crippen LogP) is 0.851. The van der Waals surface area contributed by atoms with Gasteiger partial charge in [0.2, 0.25) is 5.95 Å². The molecule has 2 aromatic rings. The molecule has 0 unspecified atom stereocenters. The summed E-state index contributed by atoms with van der Waals surface area (Å²) in [6, 6.07) is 9.00. The van der Waals surface area contributed by atoms with E-state index in [9.17, 15) is 10.1 Å². The molecule has 120 valence electrons. The third kappa shape index (κ3) is 3.45. The Kier molecular flexibility index (Phi) is 4.47. The Bertz CT molecular complexity index is 671. The topological polar surface area (TPSA) is 76.6 Å². The van der Waals surface area contributed by atoms with Crippen LogP contribution in [-0.4, -0.2) is 41.1 Å². The number of nitro groups is 1. The molecule has 0 saturated carbocycles. The molecule has 23 heavy (non-hydrogen) atoms. The molecule has 1 aromatic carbocycles. The fourth-order valence-electron chi connectivity index (χ4n) is 3.02. The second-order valence-electron chi connectivity index (χ2n) is 5.77. The van der Waals surface area contributed by atoms with Crippen LogP contribution in [0, 0.1) is 10.1 Å². The summed E-state index contributed by atoms with van der Waals surface area (Å²) in [5, 5.41) is 10.9.